The fraction of sp³-hybridized carbons (Fsp3) is 0.857. The van der Waals surface area contributed by atoms with Crippen LogP contribution in [0.1, 0.15) is 29.1 Å². The Labute approximate surface area is 186 Å². The zero-order chi connectivity index (χ0) is 21.7. The fourth-order valence-electron chi connectivity index (χ4n) is 0.459. The fourth-order valence-corrected chi connectivity index (χ4v) is 0.459. The number of rotatable bonds is 1. The van der Waals surface area contributed by atoms with Gasteiger partial charge in [0, 0.05) is 6.54 Å². The van der Waals surface area contributed by atoms with Crippen molar-refractivity contribution in [3.63, 3.8) is 0 Å². The molecule has 0 atom stereocenters. The summed E-state index contributed by atoms with van der Waals surface area (Å²) in [6.45, 7) is 7.96. The molecule has 0 aliphatic rings. The minimum absolute atomic E-state index is 0. The third-order valence-electron chi connectivity index (χ3n) is 0.720. The molecular weight excluding hydrogens is 430 g/mol. The monoisotopic (exact) mass is 446 g/mol. The van der Waals surface area contributed by atoms with Crippen molar-refractivity contribution in [3.8, 4) is 0 Å². The number of amides is 1. The van der Waals surface area contributed by atoms with Gasteiger partial charge in [-0.15, -0.1) is 0 Å². The zero-order valence-electron chi connectivity index (χ0n) is 15.3. The second-order valence-corrected chi connectivity index (χ2v) is 4.52. The van der Waals surface area contributed by atoms with Crippen molar-refractivity contribution in [2.45, 2.75) is 33.3 Å². The molecule has 19 heteroatoms. The molecule has 1 amide bonds. The molecule has 0 aliphatic heterocycles. The molecule has 0 saturated carbocycles. The van der Waals surface area contributed by atoms with Gasteiger partial charge in [-0.2, -0.15) is 0 Å². The normalized spacial score (nSPS) is 11.1. The second kappa shape index (κ2) is 16.2. The molecule has 1 N–H and O–H groups in total. The van der Waals surface area contributed by atoms with Gasteiger partial charge >= 0.3 is 79.2 Å². The zero-order valence-corrected chi connectivity index (χ0v) is 17.4. The van der Waals surface area contributed by atoms with E-state index in [-0.39, 0.29) is 64.5 Å². The van der Waals surface area contributed by atoms with Crippen molar-refractivity contribution in [1.29, 1.82) is 0 Å². The number of halogens is 12. The molecule has 0 fully saturated rings. The Balaban J connectivity index is -0.0000000564. The van der Waals surface area contributed by atoms with E-state index in [1.54, 1.807) is 0 Å². The van der Waals surface area contributed by atoms with Crippen LogP contribution in [0.15, 0.2) is 0 Å². The molecular formula is C7H16B3F12KNO2-3. The third-order valence-corrected chi connectivity index (χ3v) is 0.720. The van der Waals surface area contributed by atoms with E-state index in [4.69, 9.17) is 4.74 Å². The van der Waals surface area contributed by atoms with Crippen LogP contribution in [0.5, 0.6) is 0 Å². The Kier molecular flexibility index (Phi) is 23.2. The minimum atomic E-state index is -6.00. The van der Waals surface area contributed by atoms with Crippen LogP contribution < -0.4 is 56.7 Å². The van der Waals surface area contributed by atoms with Gasteiger partial charge in [0.25, 0.3) is 0 Å². The number of carbonyl (C=O) groups is 1. The maximum absolute atomic E-state index is 10.7. The summed E-state index contributed by atoms with van der Waals surface area (Å²) >= 11 is 0. The van der Waals surface area contributed by atoms with E-state index in [0.717, 1.165) is 0 Å². The summed E-state index contributed by atoms with van der Waals surface area (Å²) in [7, 11) is -18.0. The van der Waals surface area contributed by atoms with Crippen LogP contribution in [0.4, 0.5) is 56.6 Å². The van der Waals surface area contributed by atoms with Gasteiger partial charge in [0.15, 0.2) is 0 Å². The first-order chi connectivity index (χ1) is 10.5. The van der Waals surface area contributed by atoms with E-state index in [0.29, 0.717) is 6.54 Å². The van der Waals surface area contributed by atoms with Crippen LogP contribution in [-0.2, 0) is 4.74 Å². The Morgan fingerprint density at radius 2 is 1.00 bits per heavy atom. The standard InChI is InChI=1S/C7H15NO2.3BF4.K.H/c1-5-8-6(9)10-7(2,3)4;3*2-1(3,4)5;;/h5H2,1-4H3,(H,8,9);;;;;/q;3*-1;+1;-1. The second-order valence-electron chi connectivity index (χ2n) is 4.52. The van der Waals surface area contributed by atoms with Gasteiger partial charge in [-0.25, -0.2) is 4.79 Å². The van der Waals surface area contributed by atoms with Gasteiger partial charge in [0.05, 0.1) is 0 Å². The topological polar surface area (TPSA) is 38.3 Å². The van der Waals surface area contributed by atoms with Crippen molar-refractivity contribution in [3.05, 3.63) is 0 Å². The molecule has 26 heavy (non-hydrogen) atoms. The van der Waals surface area contributed by atoms with Crippen LogP contribution in [-0.4, -0.2) is 40.0 Å². The van der Waals surface area contributed by atoms with E-state index < -0.39 is 21.8 Å². The molecule has 0 bridgehead atoms. The van der Waals surface area contributed by atoms with Crippen LogP contribution in [0, 0.1) is 0 Å². The molecule has 0 aromatic rings. The molecule has 0 radical (unpaired) electrons. The first-order valence-corrected chi connectivity index (χ1v) is 6.04. The number of hydrogen-bond acceptors (Lipinski definition) is 2. The number of ether oxygens (including phenoxy) is 1. The maximum atomic E-state index is 10.7. The number of nitrogens with one attached hydrogen (secondary N) is 1. The summed E-state index contributed by atoms with van der Waals surface area (Å²) in [4.78, 5) is 10.7. The van der Waals surface area contributed by atoms with E-state index in [9.17, 15) is 56.6 Å². The minimum Gasteiger partial charge on any atom is -1.00 e. The Morgan fingerprint density at radius 3 is 1.12 bits per heavy atom. The smallest absolute Gasteiger partial charge is 1.00 e. The number of alkyl carbamates (subject to hydrolysis) is 1. The van der Waals surface area contributed by atoms with Crippen molar-refractivity contribution < 1.29 is 114 Å². The summed E-state index contributed by atoms with van der Waals surface area (Å²) in [5, 5.41) is 2.54. The van der Waals surface area contributed by atoms with Gasteiger partial charge in [-0.1, -0.05) is 0 Å². The molecule has 0 aliphatic carbocycles. The predicted molar refractivity (Wildman–Crippen MR) is 71.6 cm³/mol. The molecule has 3 nitrogen and oxygen atoms in total. The first-order valence-electron chi connectivity index (χ1n) is 6.04. The van der Waals surface area contributed by atoms with Crippen molar-refractivity contribution in [2.75, 3.05) is 6.54 Å². The molecule has 0 spiro atoms. The maximum Gasteiger partial charge on any atom is 1.00 e. The quantitative estimate of drug-likeness (QED) is 0.498. The molecule has 0 rings (SSSR count). The molecule has 0 aromatic heterocycles. The van der Waals surface area contributed by atoms with Gasteiger partial charge in [0.2, 0.25) is 0 Å². The van der Waals surface area contributed by atoms with E-state index >= 15 is 0 Å². The van der Waals surface area contributed by atoms with Crippen LogP contribution in [0.25, 0.3) is 0 Å². The largest absolute Gasteiger partial charge is 1.00 e. The van der Waals surface area contributed by atoms with Crippen LogP contribution >= 0.6 is 0 Å². The van der Waals surface area contributed by atoms with Gasteiger partial charge in [0.1, 0.15) is 5.60 Å². The number of carbonyl (C=O) groups excluding carboxylic acids is 1. The molecule has 158 valence electrons. The predicted octanol–water partition coefficient (Wildman–Crippen LogP) is 2.55. The third kappa shape index (κ3) is 192. The first kappa shape index (κ1) is 37.1. The van der Waals surface area contributed by atoms with Crippen LogP contribution in [0.3, 0.4) is 0 Å². The summed E-state index contributed by atoms with van der Waals surface area (Å²) in [6, 6.07) is 0. The van der Waals surface area contributed by atoms with E-state index in [1.807, 2.05) is 27.7 Å². The summed E-state index contributed by atoms with van der Waals surface area (Å²) in [6.07, 6.45) is -0.352. The van der Waals surface area contributed by atoms with Crippen LogP contribution in [0.2, 0.25) is 0 Å². The SMILES string of the molecule is CCNC(=O)OC(C)(C)C.F[B-](F)(F)F.F[B-](F)(F)F.F[B-](F)(F)F.[H-].[K+]. The molecule has 0 heterocycles. The molecule has 0 saturated heterocycles. The van der Waals surface area contributed by atoms with E-state index in [2.05, 4.69) is 5.32 Å². The molecule has 0 aromatic carbocycles. The van der Waals surface area contributed by atoms with Crippen molar-refractivity contribution >= 4 is 27.9 Å². The van der Waals surface area contributed by atoms with Gasteiger partial charge in [-0.05, 0) is 27.7 Å². The average Bonchev–Trinajstić information content (AvgIpc) is 2.04. The molecule has 0 unspecified atom stereocenters. The number of hydrogen-bond donors (Lipinski definition) is 1. The summed E-state index contributed by atoms with van der Waals surface area (Å²) in [5.41, 5.74) is -0.390. The summed E-state index contributed by atoms with van der Waals surface area (Å²) < 4.78 is 122. The summed E-state index contributed by atoms with van der Waals surface area (Å²) in [5.74, 6) is 0. The van der Waals surface area contributed by atoms with Gasteiger partial charge in [-0.3, -0.25) is 0 Å². The Morgan fingerprint density at radius 1 is 0.808 bits per heavy atom. The van der Waals surface area contributed by atoms with E-state index in [1.165, 1.54) is 0 Å². The van der Waals surface area contributed by atoms with Crippen molar-refractivity contribution in [2.24, 2.45) is 0 Å². The van der Waals surface area contributed by atoms with Gasteiger partial charge < -0.3 is 63.3 Å². The Bertz CT molecular complexity index is 303. The average molecular weight is 446 g/mol. The van der Waals surface area contributed by atoms with Crippen molar-refractivity contribution in [1.82, 2.24) is 5.32 Å². The Hall–Kier alpha value is 0.261.